The fourth-order valence-electron chi connectivity index (χ4n) is 8.84. The van der Waals surface area contributed by atoms with Gasteiger partial charge in [0.05, 0.1) is 11.4 Å². The molecule has 1 atom stereocenters. The second-order valence-electron chi connectivity index (χ2n) is 14.7. The van der Waals surface area contributed by atoms with Crippen molar-refractivity contribution >= 4 is 32.7 Å². The Labute approximate surface area is 319 Å². The van der Waals surface area contributed by atoms with Gasteiger partial charge in [-0.3, -0.25) is 0 Å². The molecule has 0 aliphatic heterocycles. The van der Waals surface area contributed by atoms with Crippen molar-refractivity contribution in [3.63, 3.8) is 0 Å². The maximum Gasteiger partial charge on any atom is 0.160 e. The van der Waals surface area contributed by atoms with Gasteiger partial charge in [-0.15, -0.1) is 0 Å². The molecule has 1 unspecified atom stereocenters. The molecule has 0 spiro atoms. The van der Waals surface area contributed by atoms with Gasteiger partial charge in [-0.05, 0) is 75.3 Å². The summed E-state index contributed by atoms with van der Waals surface area (Å²) < 4.78 is 6.64. The van der Waals surface area contributed by atoms with E-state index in [1.54, 1.807) is 0 Å². The highest BCUT2D eigenvalue weighted by atomic mass is 16.3. The minimum absolute atomic E-state index is 0.306. The maximum absolute atomic E-state index is 6.64. The number of furan rings is 1. The number of hydrogen-bond acceptors (Lipinski definition) is 3. The molecule has 0 amide bonds. The van der Waals surface area contributed by atoms with Crippen LogP contribution in [0, 0.1) is 0 Å². The molecule has 2 aromatic heterocycles. The van der Waals surface area contributed by atoms with Crippen LogP contribution in [0.1, 0.15) is 23.6 Å². The van der Waals surface area contributed by atoms with E-state index in [2.05, 4.69) is 177 Å². The summed E-state index contributed by atoms with van der Waals surface area (Å²) in [4.78, 5) is 10.6. The topological polar surface area (TPSA) is 38.9 Å². The number of rotatable bonds is 5. The molecule has 2 heterocycles. The molecule has 1 aliphatic carbocycles. The number of para-hydroxylation sites is 1. The fourth-order valence-corrected chi connectivity index (χ4v) is 8.84. The van der Waals surface area contributed by atoms with Crippen LogP contribution in [0.2, 0.25) is 0 Å². The van der Waals surface area contributed by atoms with Crippen LogP contribution in [0.3, 0.4) is 0 Å². The van der Waals surface area contributed by atoms with Crippen LogP contribution in [-0.4, -0.2) is 9.97 Å². The summed E-state index contributed by atoms with van der Waals surface area (Å²) in [6, 6.07) is 66.8. The average molecular weight is 703 g/mol. The van der Waals surface area contributed by atoms with Crippen molar-refractivity contribution in [3.05, 3.63) is 205 Å². The van der Waals surface area contributed by atoms with Gasteiger partial charge in [0, 0.05) is 38.4 Å². The first-order valence-corrected chi connectivity index (χ1v) is 18.8. The Morgan fingerprint density at radius 3 is 1.91 bits per heavy atom. The maximum atomic E-state index is 6.64. The van der Waals surface area contributed by atoms with Crippen molar-refractivity contribution in [1.82, 2.24) is 9.97 Å². The number of fused-ring (bicyclic) bond motifs is 7. The van der Waals surface area contributed by atoms with Gasteiger partial charge < -0.3 is 4.42 Å². The molecule has 8 aromatic carbocycles. The summed E-state index contributed by atoms with van der Waals surface area (Å²) in [6.07, 6.45) is 0. The Balaban J connectivity index is 1.10. The SMILES string of the molecule is CC1(c2ccccc2)c2ccccc2-c2c(-c3cc(-c4cccc(-c5cccc6c5oc5cc7ccccc7cc56)c4)nc(-c4ccccc4)n3)cccc21. The second kappa shape index (κ2) is 12.2. The van der Waals surface area contributed by atoms with E-state index < -0.39 is 0 Å². The van der Waals surface area contributed by atoms with E-state index in [0.29, 0.717) is 5.82 Å². The minimum atomic E-state index is -0.306. The highest BCUT2D eigenvalue weighted by Gasteiger charge is 2.41. The standard InChI is InChI=1S/C52H34N2O/c1-52(38-21-6-3-7-22-38)44-27-11-10-23-41(44)49-42(26-14-28-45(49)52)47-32-46(53-51(54-47)33-15-4-2-5-16-33)37-20-12-19-36(29-37)39-24-13-25-40-43-30-34-17-8-9-18-35(34)31-48(43)55-50(39)40/h2-32H,1H3. The Morgan fingerprint density at radius 2 is 1.05 bits per heavy atom. The van der Waals surface area contributed by atoms with E-state index in [9.17, 15) is 0 Å². The lowest BCUT2D eigenvalue weighted by Crippen LogP contribution is -2.22. The lowest BCUT2D eigenvalue weighted by Gasteiger charge is -2.28. The highest BCUT2D eigenvalue weighted by molar-refractivity contribution is 6.13. The number of aromatic nitrogens is 2. The predicted molar refractivity (Wildman–Crippen MR) is 226 cm³/mol. The molecule has 11 rings (SSSR count). The molecule has 0 radical (unpaired) electrons. The van der Waals surface area contributed by atoms with Crippen LogP contribution in [-0.2, 0) is 5.41 Å². The molecule has 3 heteroatoms. The Bertz CT molecular complexity index is 3110. The predicted octanol–water partition coefficient (Wildman–Crippen LogP) is 13.5. The van der Waals surface area contributed by atoms with Crippen molar-refractivity contribution in [1.29, 1.82) is 0 Å². The van der Waals surface area contributed by atoms with E-state index in [0.717, 1.165) is 61.1 Å². The van der Waals surface area contributed by atoms with E-state index in [1.165, 1.54) is 38.6 Å². The summed E-state index contributed by atoms with van der Waals surface area (Å²) in [5.74, 6) is 0.694. The molecule has 10 aromatic rings. The third-order valence-corrected chi connectivity index (χ3v) is 11.6. The molecule has 3 nitrogen and oxygen atoms in total. The summed E-state index contributed by atoms with van der Waals surface area (Å²) in [5, 5.41) is 4.61. The minimum Gasteiger partial charge on any atom is -0.455 e. The molecule has 0 saturated carbocycles. The van der Waals surface area contributed by atoms with Crippen molar-refractivity contribution in [2.45, 2.75) is 12.3 Å². The van der Waals surface area contributed by atoms with E-state index in [-0.39, 0.29) is 5.41 Å². The molecule has 1 aliphatic rings. The van der Waals surface area contributed by atoms with Crippen LogP contribution in [0.25, 0.3) is 88.9 Å². The molecular weight excluding hydrogens is 669 g/mol. The molecule has 258 valence electrons. The van der Waals surface area contributed by atoms with Gasteiger partial charge >= 0.3 is 0 Å². The third kappa shape index (κ3) is 4.90. The van der Waals surface area contributed by atoms with Crippen molar-refractivity contribution in [2.75, 3.05) is 0 Å². The van der Waals surface area contributed by atoms with Gasteiger partial charge in [0.25, 0.3) is 0 Å². The zero-order valence-corrected chi connectivity index (χ0v) is 30.2. The fraction of sp³-hybridized carbons (Fsp3) is 0.0385. The van der Waals surface area contributed by atoms with Gasteiger partial charge in [0.1, 0.15) is 11.2 Å². The molecule has 0 N–H and O–H groups in total. The van der Waals surface area contributed by atoms with E-state index in [1.807, 2.05) is 18.2 Å². The average Bonchev–Trinajstić information content (AvgIpc) is 3.76. The van der Waals surface area contributed by atoms with Gasteiger partial charge in [-0.1, -0.05) is 164 Å². The van der Waals surface area contributed by atoms with Gasteiger partial charge in [0.15, 0.2) is 5.82 Å². The zero-order valence-electron chi connectivity index (χ0n) is 30.2. The Morgan fingerprint density at radius 1 is 0.436 bits per heavy atom. The first kappa shape index (κ1) is 31.4. The van der Waals surface area contributed by atoms with Crippen molar-refractivity contribution < 1.29 is 4.42 Å². The summed E-state index contributed by atoms with van der Waals surface area (Å²) >= 11 is 0. The number of nitrogens with zero attached hydrogens (tertiary/aromatic N) is 2. The highest BCUT2D eigenvalue weighted by Crippen LogP contribution is 2.55. The monoisotopic (exact) mass is 702 g/mol. The lowest BCUT2D eigenvalue weighted by atomic mass is 9.74. The normalized spacial score (nSPS) is 14.7. The number of hydrogen-bond donors (Lipinski definition) is 0. The first-order valence-electron chi connectivity index (χ1n) is 18.8. The summed E-state index contributed by atoms with van der Waals surface area (Å²) in [5.41, 5.74) is 14.8. The Hall–Kier alpha value is -7.10. The summed E-state index contributed by atoms with van der Waals surface area (Å²) in [7, 11) is 0. The lowest BCUT2D eigenvalue weighted by molar-refractivity contribution is 0.670. The molecule has 0 bridgehead atoms. The molecule has 0 fully saturated rings. The summed E-state index contributed by atoms with van der Waals surface area (Å²) in [6.45, 7) is 2.36. The smallest absolute Gasteiger partial charge is 0.160 e. The first-order chi connectivity index (χ1) is 27.1. The van der Waals surface area contributed by atoms with Gasteiger partial charge in [-0.2, -0.15) is 0 Å². The van der Waals surface area contributed by atoms with Crippen molar-refractivity contribution in [2.24, 2.45) is 0 Å². The largest absolute Gasteiger partial charge is 0.455 e. The van der Waals surface area contributed by atoms with Crippen LogP contribution < -0.4 is 0 Å². The van der Waals surface area contributed by atoms with Gasteiger partial charge in [0.2, 0.25) is 0 Å². The number of benzene rings is 8. The molecule has 55 heavy (non-hydrogen) atoms. The van der Waals surface area contributed by atoms with Crippen LogP contribution in [0.4, 0.5) is 0 Å². The quantitative estimate of drug-likeness (QED) is 0.179. The van der Waals surface area contributed by atoms with Crippen LogP contribution in [0.5, 0.6) is 0 Å². The van der Waals surface area contributed by atoms with E-state index in [4.69, 9.17) is 14.4 Å². The zero-order chi connectivity index (χ0) is 36.5. The van der Waals surface area contributed by atoms with Crippen molar-refractivity contribution in [3.8, 4) is 56.2 Å². The molecular formula is C52H34N2O. The van der Waals surface area contributed by atoms with E-state index >= 15 is 0 Å². The third-order valence-electron chi connectivity index (χ3n) is 11.6. The molecule has 0 saturated heterocycles. The second-order valence-corrected chi connectivity index (χ2v) is 14.7. The van der Waals surface area contributed by atoms with Gasteiger partial charge in [-0.25, -0.2) is 9.97 Å². The van der Waals surface area contributed by atoms with Crippen LogP contribution in [0.15, 0.2) is 192 Å². The Kier molecular flexibility index (Phi) is 6.99. The van der Waals surface area contributed by atoms with Crippen LogP contribution >= 0.6 is 0 Å².